The topological polar surface area (TPSA) is 64.8 Å². The van der Waals surface area contributed by atoms with Crippen molar-refractivity contribution in [2.45, 2.75) is 12.5 Å². The van der Waals surface area contributed by atoms with Crippen LogP contribution in [0.4, 0.5) is 5.69 Å². The van der Waals surface area contributed by atoms with E-state index in [2.05, 4.69) is 0 Å². The van der Waals surface area contributed by atoms with Crippen molar-refractivity contribution in [3.63, 3.8) is 0 Å². The van der Waals surface area contributed by atoms with Crippen LogP contribution in [0.1, 0.15) is 5.56 Å². The minimum atomic E-state index is -0.608. The molecule has 5 nitrogen and oxygen atoms in total. The van der Waals surface area contributed by atoms with Crippen molar-refractivity contribution in [2.75, 3.05) is 32.3 Å². The third-order valence-corrected chi connectivity index (χ3v) is 3.11. The quantitative estimate of drug-likeness (QED) is 0.896. The zero-order valence-corrected chi connectivity index (χ0v) is 11.9. The Labute approximate surface area is 119 Å². The van der Waals surface area contributed by atoms with Crippen LogP contribution >= 0.6 is 12.4 Å². The second-order valence-electron chi connectivity index (χ2n) is 4.30. The number of methoxy groups -OCH3 is 2. The predicted octanol–water partition coefficient (Wildman–Crippen LogP) is 0.980. The molecule has 0 saturated carbocycles. The molecule has 1 amide bonds. The number of carbonyl (C=O) groups excluding carboxylic acids is 1. The Morgan fingerprint density at radius 3 is 2.84 bits per heavy atom. The van der Waals surface area contributed by atoms with Gasteiger partial charge in [-0.15, -0.1) is 12.4 Å². The van der Waals surface area contributed by atoms with E-state index in [9.17, 15) is 4.79 Å². The van der Waals surface area contributed by atoms with Gasteiger partial charge in [-0.2, -0.15) is 0 Å². The summed E-state index contributed by atoms with van der Waals surface area (Å²) in [5.41, 5.74) is 7.82. The molecule has 0 saturated heterocycles. The van der Waals surface area contributed by atoms with Crippen molar-refractivity contribution in [1.82, 2.24) is 0 Å². The summed E-state index contributed by atoms with van der Waals surface area (Å²) >= 11 is 0. The standard InChI is InChI=1S/C13H18N2O3.ClH/c1-17-8-11(14)13(16)15-6-5-9-7-10(18-2)3-4-12(9)15;/h3-4,7,11H,5-6,8,14H2,1-2H3;1H. The zero-order chi connectivity index (χ0) is 13.1. The summed E-state index contributed by atoms with van der Waals surface area (Å²) in [4.78, 5) is 13.9. The normalized spacial score (nSPS) is 14.6. The number of amides is 1. The summed E-state index contributed by atoms with van der Waals surface area (Å²) < 4.78 is 10.1. The highest BCUT2D eigenvalue weighted by Gasteiger charge is 2.28. The van der Waals surface area contributed by atoms with Gasteiger partial charge in [0.1, 0.15) is 11.8 Å². The fourth-order valence-electron chi connectivity index (χ4n) is 2.19. The van der Waals surface area contributed by atoms with Crippen LogP contribution in [0, 0.1) is 0 Å². The summed E-state index contributed by atoms with van der Waals surface area (Å²) in [5, 5.41) is 0. The van der Waals surface area contributed by atoms with Gasteiger partial charge in [0.2, 0.25) is 5.91 Å². The number of rotatable bonds is 4. The van der Waals surface area contributed by atoms with E-state index in [-0.39, 0.29) is 24.9 Å². The van der Waals surface area contributed by atoms with E-state index in [0.29, 0.717) is 6.54 Å². The van der Waals surface area contributed by atoms with Crippen LogP contribution in [0.3, 0.4) is 0 Å². The van der Waals surface area contributed by atoms with E-state index >= 15 is 0 Å². The summed E-state index contributed by atoms with van der Waals surface area (Å²) in [6.07, 6.45) is 0.831. The van der Waals surface area contributed by atoms with Crippen molar-refractivity contribution in [1.29, 1.82) is 0 Å². The molecule has 19 heavy (non-hydrogen) atoms. The Kier molecular flexibility index (Phi) is 5.60. The summed E-state index contributed by atoms with van der Waals surface area (Å²) in [6.45, 7) is 0.902. The third kappa shape index (κ3) is 3.18. The molecule has 1 aliphatic heterocycles. The molecule has 0 fully saturated rings. The SMILES string of the molecule is COCC(N)C(=O)N1CCc2cc(OC)ccc21.Cl. The number of anilines is 1. The molecule has 1 unspecified atom stereocenters. The molecule has 2 rings (SSSR count). The number of halogens is 1. The number of carbonyl (C=O) groups is 1. The van der Waals surface area contributed by atoms with Crippen LogP contribution in [-0.4, -0.2) is 39.3 Å². The lowest BCUT2D eigenvalue weighted by atomic mass is 10.1. The second-order valence-corrected chi connectivity index (χ2v) is 4.30. The molecule has 1 aromatic carbocycles. The van der Waals surface area contributed by atoms with Crippen molar-refractivity contribution >= 4 is 24.0 Å². The van der Waals surface area contributed by atoms with E-state index in [1.165, 1.54) is 7.11 Å². The zero-order valence-electron chi connectivity index (χ0n) is 11.1. The van der Waals surface area contributed by atoms with Crippen molar-refractivity contribution < 1.29 is 14.3 Å². The van der Waals surface area contributed by atoms with Crippen molar-refractivity contribution in [3.8, 4) is 5.75 Å². The van der Waals surface area contributed by atoms with Crippen molar-refractivity contribution in [2.24, 2.45) is 5.73 Å². The van der Waals surface area contributed by atoms with Gasteiger partial charge in [0.05, 0.1) is 13.7 Å². The monoisotopic (exact) mass is 286 g/mol. The molecule has 1 aromatic rings. The summed E-state index contributed by atoms with van der Waals surface area (Å²) in [5.74, 6) is 0.713. The molecule has 0 spiro atoms. The van der Waals surface area contributed by atoms with Crippen LogP contribution in [0.25, 0.3) is 0 Å². The molecule has 106 valence electrons. The maximum atomic E-state index is 12.1. The van der Waals surface area contributed by atoms with E-state index in [4.69, 9.17) is 15.2 Å². The maximum Gasteiger partial charge on any atom is 0.246 e. The molecule has 0 aliphatic carbocycles. The second kappa shape index (κ2) is 6.75. The first-order chi connectivity index (χ1) is 8.67. The fourth-order valence-corrected chi connectivity index (χ4v) is 2.19. The highest BCUT2D eigenvalue weighted by Crippen LogP contribution is 2.31. The molecule has 0 aromatic heterocycles. The van der Waals surface area contributed by atoms with Gasteiger partial charge >= 0.3 is 0 Å². The highest BCUT2D eigenvalue weighted by atomic mass is 35.5. The Morgan fingerprint density at radius 2 is 2.21 bits per heavy atom. The molecular weight excluding hydrogens is 268 g/mol. The first-order valence-corrected chi connectivity index (χ1v) is 5.90. The number of nitrogens with two attached hydrogens (primary N) is 1. The molecule has 0 radical (unpaired) electrons. The van der Waals surface area contributed by atoms with Gasteiger partial charge in [-0.05, 0) is 30.2 Å². The average molecular weight is 287 g/mol. The van der Waals surface area contributed by atoms with Gasteiger partial charge in [0, 0.05) is 19.3 Å². The van der Waals surface area contributed by atoms with Gasteiger partial charge < -0.3 is 20.1 Å². The molecule has 1 atom stereocenters. The molecule has 2 N–H and O–H groups in total. The largest absolute Gasteiger partial charge is 0.497 e. The van der Waals surface area contributed by atoms with Crippen LogP contribution in [0.15, 0.2) is 18.2 Å². The molecule has 6 heteroatoms. The molecule has 0 bridgehead atoms. The van der Waals surface area contributed by atoms with Gasteiger partial charge in [0.15, 0.2) is 0 Å². The Morgan fingerprint density at radius 1 is 1.47 bits per heavy atom. The van der Waals surface area contributed by atoms with E-state index < -0.39 is 6.04 Å². The van der Waals surface area contributed by atoms with E-state index in [1.807, 2.05) is 18.2 Å². The summed E-state index contributed by atoms with van der Waals surface area (Å²) in [6, 6.07) is 5.11. The molecular formula is C13H19ClN2O3. The van der Waals surface area contributed by atoms with E-state index in [0.717, 1.165) is 23.4 Å². The Hall–Kier alpha value is -1.30. The van der Waals surface area contributed by atoms with Crippen LogP contribution in [0.2, 0.25) is 0 Å². The number of ether oxygens (including phenoxy) is 2. The predicted molar refractivity (Wildman–Crippen MR) is 76.2 cm³/mol. The lowest BCUT2D eigenvalue weighted by molar-refractivity contribution is -0.120. The van der Waals surface area contributed by atoms with E-state index in [1.54, 1.807) is 12.0 Å². The fraction of sp³-hybridized carbons (Fsp3) is 0.462. The highest BCUT2D eigenvalue weighted by molar-refractivity contribution is 5.99. The lowest BCUT2D eigenvalue weighted by Gasteiger charge is -2.21. The lowest BCUT2D eigenvalue weighted by Crippen LogP contribution is -2.45. The van der Waals surface area contributed by atoms with Gasteiger partial charge in [-0.25, -0.2) is 0 Å². The summed E-state index contributed by atoms with van der Waals surface area (Å²) in [7, 11) is 3.17. The maximum absolute atomic E-state index is 12.1. The first-order valence-electron chi connectivity index (χ1n) is 5.90. The smallest absolute Gasteiger partial charge is 0.246 e. The Balaban J connectivity index is 0.00000180. The minimum Gasteiger partial charge on any atom is -0.497 e. The third-order valence-electron chi connectivity index (χ3n) is 3.11. The van der Waals surface area contributed by atoms with Gasteiger partial charge in [-0.1, -0.05) is 0 Å². The number of benzene rings is 1. The average Bonchev–Trinajstić information content (AvgIpc) is 2.80. The van der Waals surface area contributed by atoms with Gasteiger partial charge in [-0.3, -0.25) is 4.79 Å². The van der Waals surface area contributed by atoms with Gasteiger partial charge in [0.25, 0.3) is 0 Å². The minimum absolute atomic E-state index is 0. The Bertz CT molecular complexity index is 454. The van der Waals surface area contributed by atoms with Crippen molar-refractivity contribution in [3.05, 3.63) is 23.8 Å². The van der Waals surface area contributed by atoms with Crippen LogP contribution in [0.5, 0.6) is 5.75 Å². The van der Waals surface area contributed by atoms with Crippen LogP contribution in [-0.2, 0) is 16.0 Å². The number of nitrogens with zero attached hydrogens (tertiary/aromatic N) is 1. The number of hydrogen-bond donors (Lipinski definition) is 1. The first kappa shape index (κ1) is 15.8. The number of hydrogen-bond acceptors (Lipinski definition) is 4. The molecule has 1 aliphatic rings. The van der Waals surface area contributed by atoms with Crippen LogP contribution < -0.4 is 15.4 Å². The molecule has 1 heterocycles. The number of fused-ring (bicyclic) bond motifs is 1.